The predicted molar refractivity (Wildman–Crippen MR) is 249 cm³/mol. The summed E-state index contributed by atoms with van der Waals surface area (Å²) in [5, 5.41) is 20.0. The Labute approximate surface area is 384 Å². The molecular formula is C48H58ClN9O7. The number of hydrogen-bond donors (Lipinski definition) is 7. The number of rotatable bonds is 15. The van der Waals surface area contributed by atoms with Crippen LogP contribution in [-0.2, 0) is 31.0 Å². The van der Waals surface area contributed by atoms with E-state index < -0.39 is 53.7 Å². The molecule has 4 atom stereocenters. The lowest BCUT2D eigenvalue weighted by atomic mass is 9.86. The van der Waals surface area contributed by atoms with Crippen molar-refractivity contribution in [1.82, 2.24) is 26.2 Å². The highest BCUT2D eigenvalue weighted by atomic mass is 35.5. The summed E-state index contributed by atoms with van der Waals surface area (Å²) < 4.78 is 12.2. The Morgan fingerprint density at radius 1 is 0.862 bits per heavy atom. The molecule has 65 heavy (non-hydrogen) atoms. The normalized spacial score (nSPS) is 16.7. The van der Waals surface area contributed by atoms with Gasteiger partial charge in [-0.1, -0.05) is 74.8 Å². The fraction of sp³-hybridized carbons (Fsp3) is 0.375. The number of nitrogens with one attached hydrogen (secondary N) is 4. The van der Waals surface area contributed by atoms with Crippen LogP contribution in [0.2, 0.25) is 5.02 Å². The number of halogens is 1. The number of benzene rings is 4. The summed E-state index contributed by atoms with van der Waals surface area (Å²) in [5.74, 6) is -2.61. The summed E-state index contributed by atoms with van der Waals surface area (Å²) in [6.45, 7) is 8.20. The summed E-state index contributed by atoms with van der Waals surface area (Å²) in [5.41, 5.74) is 22.5. The molecule has 10 N–H and O–H groups in total. The first-order valence-corrected chi connectivity index (χ1v) is 21.7. The third-order valence-corrected chi connectivity index (χ3v) is 11.2. The van der Waals surface area contributed by atoms with Crippen LogP contribution in [0.1, 0.15) is 67.2 Å². The van der Waals surface area contributed by atoms with Crippen molar-refractivity contribution in [3.8, 4) is 39.8 Å². The van der Waals surface area contributed by atoms with E-state index in [-0.39, 0.29) is 68.2 Å². The minimum Gasteiger partial charge on any atom is -0.492 e. The Kier molecular flexibility index (Phi) is 17.1. The summed E-state index contributed by atoms with van der Waals surface area (Å²) in [6.07, 6.45) is 0.000332. The van der Waals surface area contributed by atoms with Crippen LogP contribution in [0.3, 0.4) is 0 Å². The van der Waals surface area contributed by atoms with Crippen molar-refractivity contribution in [2.75, 3.05) is 46.4 Å². The van der Waals surface area contributed by atoms with Gasteiger partial charge >= 0.3 is 0 Å². The van der Waals surface area contributed by atoms with Gasteiger partial charge in [0.2, 0.25) is 23.6 Å². The molecule has 1 heterocycles. The van der Waals surface area contributed by atoms with Crippen LogP contribution < -0.4 is 47.9 Å². The molecule has 5 amide bonds. The zero-order valence-corrected chi connectivity index (χ0v) is 38.1. The van der Waals surface area contributed by atoms with Crippen molar-refractivity contribution in [3.63, 3.8) is 0 Å². The molecule has 0 radical (unpaired) electrons. The van der Waals surface area contributed by atoms with Crippen molar-refractivity contribution in [2.45, 2.75) is 70.1 Å². The van der Waals surface area contributed by atoms with Gasteiger partial charge in [-0.05, 0) is 89.5 Å². The molecule has 17 heteroatoms. The van der Waals surface area contributed by atoms with E-state index in [0.717, 1.165) is 11.1 Å². The van der Waals surface area contributed by atoms with E-state index in [1.165, 1.54) is 24.4 Å². The minimum atomic E-state index is -1.40. The lowest BCUT2D eigenvalue weighted by Crippen LogP contribution is -2.56. The van der Waals surface area contributed by atoms with Crippen molar-refractivity contribution < 1.29 is 33.4 Å². The first kappa shape index (κ1) is 49.5. The lowest BCUT2D eigenvalue weighted by Gasteiger charge is -2.32. The number of nitriles is 1. The monoisotopic (exact) mass is 907 g/mol. The van der Waals surface area contributed by atoms with E-state index in [1.807, 2.05) is 18.2 Å². The first-order valence-electron chi connectivity index (χ1n) is 21.4. The third kappa shape index (κ3) is 12.4. The second-order valence-corrected chi connectivity index (χ2v) is 17.1. The molecule has 344 valence electrons. The van der Waals surface area contributed by atoms with Gasteiger partial charge in [0.1, 0.15) is 55.4 Å². The standard InChI is InChI=1S/C48H58ClN9O7/c1-28-43(59)57-39(45(61)54-21-18-51)25-29-6-14-40(64-22-19-52)35(24-29)36-26-32(10-15-41(36)65-23-20-53)42(46(62)55-28)58(5)47(63)38(16-17-50)56-44(60)34-13-9-31(27-37(34)49)30-7-11-33(12-8-30)48(2,3)4/h6-15,24,26-28,38-39,42H,16-17,19-23,25,50,52-53H2,1-5H3,(H,54,61)(H,55,62)(H,56,60)(H,57,59). The summed E-state index contributed by atoms with van der Waals surface area (Å²) in [6, 6.07) is 20.2. The molecule has 4 aromatic carbocycles. The number of amides is 5. The predicted octanol–water partition coefficient (Wildman–Crippen LogP) is 3.48. The number of nitrogens with two attached hydrogens (primary N) is 3. The van der Waals surface area contributed by atoms with E-state index in [0.29, 0.717) is 33.8 Å². The van der Waals surface area contributed by atoms with Gasteiger partial charge in [-0.25, -0.2) is 0 Å². The highest BCUT2D eigenvalue weighted by Crippen LogP contribution is 2.40. The number of fused-ring (bicyclic) bond motifs is 5. The van der Waals surface area contributed by atoms with Crippen molar-refractivity contribution in [3.05, 3.63) is 106 Å². The fourth-order valence-corrected chi connectivity index (χ4v) is 7.67. The summed E-state index contributed by atoms with van der Waals surface area (Å²) in [4.78, 5) is 71.3. The molecule has 4 bridgehead atoms. The van der Waals surface area contributed by atoms with Gasteiger partial charge in [0.25, 0.3) is 5.91 Å². The van der Waals surface area contributed by atoms with Crippen LogP contribution in [0.25, 0.3) is 22.3 Å². The molecule has 0 fully saturated rings. The highest BCUT2D eigenvalue weighted by Gasteiger charge is 2.36. The van der Waals surface area contributed by atoms with Gasteiger partial charge in [0.05, 0.1) is 16.7 Å². The molecule has 1 aliphatic rings. The Morgan fingerprint density at radius 2 is 1.49 bits per heavy atom. The molecule has 0 aromatic heterocycles. The number of carbonyl (C=O) groups excluding carboxylic acids is 5. The van der Waals surface area contributed by atoms with Gasteiger partial charge in [0, 0.05) is 37.7 Å². The molecule has 1 aliphatic heterocycles. The first-order chi connectivity index (χ1) is 31.0. The van der Waals surface area contributed by atoms with Crippen LogP contribution in [0, 0.1) is 11.3 Å². The Hall–Kier alpha value is -6.51. The van der Waals surface area contributed by atoms with Crippen molar-refractivity contribution >= 4 is 41.1 Å². The third-order valence-electron chi connectivity index (χ3n) is 10.9. The van der Waals surface area contributed by atoms with Gasteiger partial charge in [-0.2, -0.15) is 5.26 Å². The highest BCUT2D eigenvalue weighted by molar-refractivity contribution is 6.34. The molecular weight excluding hydrogens is 850 g/mol. The van der Waals surface area contributed by atoms with Crippen LogP contribution >= 0.6 is 11.6 Å². The maximum atomic E-state index is 14.6. The number of likely N-dealkylation sites (N-methyl/N-ethyl adjacent to an activating group) is 1. The lowest BCUT2D eigenvalue weighted by molar-refractivity contribution is -0.141. The molecule has 4 aromatic rings. The van der Waals surface area contributed by atoms with Crippen LogP contribution in [0.15, 0.2) is 78.9 Å². The maximum Gasteiger partial charge on any atom is 0.253 e. The second-order valence-electron chi connectivity index (χ2n) is 16.7. The van der Waals surface area contributed by atoms with E-state index in [1.54, 1.807) is 54.6 Å². The molecule has 0 saturated heterocycles. The molecule has 0 saturated carbocycles. The maximum absolute atomic E-state index is 14.6. The molecule has 0 spiro atoms. The van der Waals surface area contributed by atoms with Gasteiger partial charge in [-0.3, -0.25) is 24.0 Å². The topological polar surface area (TPSA) is 257 Å². The van der Waals surface area contributed by atoms with E-state index in [9.17, 15) is 24.0 Å². The Balaban J connectivity index is 1.55. The quantitative estimate of drug-likeness (QED) is 0.0850. The zero-order chi connectivity index (χ0) is 47.4. The fourth-order valence-electron chi connectivity index (χ4n) is 7.41. The van der Waals surface area contributed by atoms with E-state index >= 15 is 0 Å². The molecule has 16 nitrogen and oxygen atoms in total. The molecule has 4 unspecified atom stereocenters. The van der Waals surface area contributed by atoms with E-state index in [4.69, 9.17) is 43.5 Å². The van der Waals surface area contributed by atoms with Crippen LogP contribution in [0.5, 0.6) is 11.5 Å². The smallest absolute Gasteiger partial charge is 0.253 e. The Bertz CT molecular complexity index is 2420. The van der Waals surface area contributed by atoms with Crippen molar-refractivity contribution in [1.29, 1.82) is 5.26 Å². The van der Waals surface area contributed by atoms with Crippen molar-refractivity contribution in [2.24, 2.45) is 17.2 Å². The average Bonchev–Trinajstić information content (AvgIpc) is 3.28. The minimum absolute atomic E-state index is 0.00110. The SMILES string of the molecule is CC1NC(=O)C(N(C)C(=O)C(CCN)NC(=O)c2ccc(-c3ccc(C(C)(C)C)cc3)cc2Cl)c2ccc(OCCN)c(c2)-c2cc(ccc2OCCN)CC(C(=O)NCC#N)NC1=O. The number of hydrogen-bond acceptors (Lipinski definition) is 11. The number of ether oxygens (including phenoxy) is 2. The number of carbonyl (C=O) groups is 5. The number of nitrogens with zero attached hydrogens (tertiary/aromatic N) is 2. The largest absolute Gasteiger partial charge is 0.492 e. The Morgan fingerprint density at radius 3 is 2.09 bits per heavy atom. The second kappa shape index (κ2) is 22.4. The van der Waals surface area contributed by atoms with Crippen LogP contribution in [0.4, 0.5) is 0 Å². The van der Waals surface area contributed by atoms with Crippen LogP contribution in [-0.4, -0.2) is 99.0 Å². The summed E-state index contributed by atoms with van der Waals surface area (Å²) >= 11 is 6.72. The van der Waals surface area contributed by atoms with E-state index in [2.05, 4.69) is 54.2 Å². The van der Waals surface area contributed by atoms with Gasteiger partial charge in [0.15, 0.2) is 0 Å². The van der Waals surface area contributed by atoms with Gasteiger partial charge < -0.3 is 52.8 Å². The zero-order valence-electron chi connectivity index (χ0n) is 37.3. The summed E-state index contributed by atoms with van der Waals surface area (Å²) in [7, 11) is 1.41. The molecule has 0 aliphatic carbocycles. The van der Waals surface area contributed by atoms with Gasteiger partial charge in [-0.15, -0.1) is 0 Å². The molecule has 5 rings (SSSR count). The average molecular weight is 909 g/mol.